The van der Waals surface area contributed by atoms with Gasteiger partial charge in [-0.05, 0) is 104 Å². The molecule has 0 atom stereocenters. The number of rotatable bonds is 8. The van der Waals surface area contributed by atoms with Crippen LogP contribution in [0.3, 0.4) is 0 Å². The maximum atomic E-state index is 12.8. The maximum absolute atomic E-state index is 12.8. The Morgan fingerprint density at radius 2 is 1.78 bits per heavy atom. The first-order chi connectivity index (χ1) is 17.4. The molecule has 2 aliphatic rings. The summed E-state index contributed by atoms with van der Waals surface area (Å²) >= 11 is 0. The van der Waals surface area contributed by atoms with Crippen LogP contribution < -0.4 is 15.0 Å². The monoisotopic (exact) mass is 512 g/mol. The highest BCUT2D eigenvalue weighted by molar-refractivity contribution is 5.93. The van der Waals surface area contributed by atoms with Crippen molar-refractivity contribution < 1.29 is 18.3 Å². The summed E-state index contributed by atoms with van der Waals surface area (Å²) < 4.78 is 32.0. The average molecular weight is 513 g/mol. The molecule has 4 rings (SSSR count). The molecular formula is C31H42F2N2O2. The van der Waals surface area contributed by atoms with E-state index in [1.165, 1.54) is 11.1 Å². The number of nitrogens with one attached hydrogen (secondary N) is 1. The summed E-state index contributed by atoms with van der Waals surface area (Å²) in [5, 5.41) is 3.13. The van der Waals surface area contributed by atoms with Crippen molar-refractivity contribution in [3.8, 4) is 5.75 Å². The van der Waals surface area contributed by atoms with Crippen molar-refractivity contribution in [1.82, 2.24) is 0 Å². The lowest BCUT2D eigenvalue weighted by Crippen LogP contribution is -2.43. The van der Waals surface area contributed by atoms with E-state index in [1.54, 1.807) is 0 Å². The highest BCUT2D eigenvalue weighted by atomic mass is 19.3. The van der Waals surface area contributed by atoms with E-state index >= 15 is 0 Å². The number of benzene rings is 2. The molecule has 2 aromatic carbocycles. The fraction of sp³-hybridized carbons (Fsp3) is 0.581. The highest BCUT2D eigenvalue weighted by Crippen LogP contribution is 2.41. The molecule has 1 N–H and O–H groups in total. The predicted molar refractivity (Wildman–Crippen MR) is 147 cm³/mol. The molecular weight excluding hydrogens is 470 g/mol. The molecule has 0 aromatic heterocycles. The van der Waals surface area contributed by atoms with Gasteiger partial charge < -0.3 is 15.0 Å². The number of alkyl halides is 2. The fourth-order valence-corrected chi connectivity index (χ4v) is 5.60. The van der Waals surface area contributed by atoms with Gasteiger partial charge in [0.05, 0.1) is 0 Å². The van der Waals surface area contributed by atoms with Crippen LogP contribution in [0.15, 0.2) is 30.3 Å². The molecule has 2 aromatic rings. The van der Waals surface area contributed by atoms with E-state index in [4.69, 9.17) is 4.74 Å². The Kier molecular flexibility index (Phi) is 8.15. The first-order valence-electron chi connectivity index (χ1n) is 13.7. The number of nitrogens with zero attached hydrogens (tertiary/aromatic N) is 1. The van der Waals surface area contributed by atoms with E-state index < -0.39 is 12.0 Å². The largest absolute Gasteiger partial charge is 0.487 e. The molecule has 37 heavy (non-hydrogen) atoms. The third-order valence-electron chi connectivity index (χ3n) is 7.67. The molecule has 6 heteroatoms. The summed E-state index contributed by atoms with van der Waals surface area (Å²) in [6.07, 6.45) is 3.27. The normalized spacial score (nSPS) is 17.1. The lowest BCUT2D eigenvalue weighted by molar-refractivity contribution is -0.117. The van der Waals surface area contributed by atoms with Gasteiger partial charge in [-0.2, -0.15) is 0 Å². The lowest BCUT2D eigenvalue weighted by Gasteiger charge is -2.42. The second-order valence-electron chi connectivity index (χ2n) is 12.3. The zero-order valence-corrected chi connectivity index (χ0v) is 23.1. The Balaban J connectivity index is 1.47. The summed E-state index contributed by atoms with van der Waals surface area (Å²) in [5.41, 5.74) is 6.30. The molecule has 0 spiro atoms. The molecule has 0 radical (unpaired) electrons. The van der Waals surface area contributed by atoms with Gasteiger partial charge in [-0.25, -0.2) is 8.78 Å². The smallest absolute Gasteiger partial charge is 0.238 e. The SMILES string of the molecule is Cc1cc(N2CCCc3cc(OC4(CCC(F)F)CCC4)ccc3C2)cc(C)c1NC(=O)CC(C)(C)C. The van der Waals surface area contributed by atoms with Gasteiger partial charge in [0.25, 0.3) is 0 Å². The maximum Gasteiger partial charge on any atom is 0.238 e. The van der Waals surface area contributed by atoms with Gasteiger partial charge in [-0.3, -0.25) is 4.79 Å². The lowest BCUT2D eigenvalue weighted by atomic mass is 9.76. The third-order valence-corrected chi connectivity index (χ3v) is 7.67. The van der Waals surface area contributed by atoms with Crippen LogP contribution in [-0.4, -0.2) is 24.5 Å². The molecule has 1 aliphatic carbocycles. The molecule has 202 valence electrons. The third kappa shape index (κ3) is 7.03. The van der Waals surface area contributed by atoms with Crippen molar-refractivity contribution in [2.24, 2.45) is 5.41 Å². The van der Waals surface area contributed by atoms with E-state index in [0.29, 0.717) is 12.8 Å². The van der Waals surface area contributed by atoms with Crippen molar-refractivity contribution in [1.29, 1.82) is 0 Å². The fourth-order valence-electron chi connectivity index (χ4n) is 5.60. The second kappa shape index (κ2) is 11.0. The van der Waals surface area contributed by atoms with Crippen molar-refractivity contribution >= 4 is 17.3 Å². The van der Waals surface area contributed by atoms with E-state index in [0.717, 1.165) is 73.4 Å². The van der Waals surface area contributed by atoms with Gasteiger partial charge in [0.1, 0.15) is 11.4 Å². The zero-order chi connectivity index (χ0) is 26.8. The average Bonchev–Trinajstić information content (AvgIpc) is 2.98. The topological polar surface area (TPSA) is 41.6 Å². The van der Waals surface area contributed by atoms with Crippen molar-refractivity contribution in [3.63, 3.8) is 0 Å². The summed E-state index contributed by atoms with van der Waals surface area (Å²) in [6, 6.07) is 10.6. The van der Waals surface area contributed by atoms with Crippen LogP contribution in [0.1, 0.15) is 88.0 Å². The molecule has 1 heterocycles. The van der Waals surface area contributed by atoms with Crippen molar-refractivity contribution in [2.75, 3.05) is 16.8 Å². The summed E-state index contributed by atoms with van der Waals surface area (Å²) in [4.78, 5) is 14.9. The van der Waals surface area contributed by atoms with Gasteiger partial charge in [0.15, 0.2) is 0 Å². The van der Waals surface area contributed by atoms with Gasteiger partial charge in [0.2, 0.25) is 12.3 Å². The van der Waals surface area contributed by atoms with Crippen LogP contribution in [0.25, 0.3) is 0 Å². The number of carbonyl (C=O) groups excluding carboxylic acids is 1. The number of ether oxygens (including phenoxy) is 1. The zero-order valence-electron chi connectivity index (χ0n) is 23.1. The molecule has 1 amide bonds. The van der Waals surface area contributed by atoms with Crippen LogP contribution in [0.5, 0.6) is 5.75 Å². The van der Waals surface area contributed by atoms with Gasteiger partial charge in [0, 0.05) is 37.3 Å². The van der Waals surface area contributed by atoms with Crippen LogP contribution >= 0.6 is 0 Å². The standard InChI is InChI=1S/C31H42F2N2O2/c1-21-16-25(17-22(2)29(21)34-28(36)19-30(3,4)5)35-15-6-8-23-18-26(10-9-24(23)20-35)37-31(12-7-13-31)14-11-27(32)33/h9-10,16-18,27H,6-8,11-15,19-20H2,1-5H3,(H,34,36). The first-order valence-corrected chi connectivity index (χ1v) is 13.7. The molecule has 1 aliphatic heterocycles. The number of aryl methyl sites for hydroxylation is 3. The van der Waals surface area contributed by atoms with Gasteiger partial charge in [-0.15, -0.1) is 0 Å². The molecule has 1 fully saturated rings. The summed E-state index contributed by atoms with van der Waals surface area (Å²) in [6.45, 7) is 12.1. The number of halogens is 2. The van der Waals surface area contributed by atoms with Gasteiger partial charge in [-0.1, -0.05) is 26.8 Å². The van der Waals surface area contributed by atoms with Crippen LogP contribution in [0, 0.1) is 19.3 Å². The predicted octanol–water partition coefficient (Wildman–Crippen LogP) is 7.98. The van der Waals surface area contributed by atoms with Crippen molar-refractivity contribution in [2.45, 2.75) is 105 Å². The number of fused-ring (bicyclic) bond motifs is 1. The number of anilines is 2. The molecule has 0 saturated heterocycles. The van der Waals surface area contributed by atoms with Crippen molar-refractivity contribution in [3.05, 3.63) is 52.6 Å². The Bertz CT molecular complexity index is 1100. The number of amides is 1. The molecule has 0 unspecified atom stereocenters. The Morgan fingerprint density at radius 3 is 2.38 bits per heavy atom. The van der Waals surface area contributed by atoms with E-state index in [-0.39, 0.29) is 17.7 Å². The molecule has 1 saturated carbocycles. The number of carbonyl (C=O) groups is 1. The minimum atomic E-state index is -2.28. The minimum Gasteiger partial charge on any atom is -0.487 e. The summed E-state index contributed by atoms with van der Waals surface area (Å²) in [5.74, 6) is 0.856. The van der Waals surface area contributed by atoms with Crippen LogP contribution in [0.4, 0.5) is 20.2 Å². The molecule has 4 nitrogen and oxygen atoms in total. The first kappa shape index (κ1) is 27.4. The minimum absolute atomic E-state index is 0.0473. The van der Waals surface area contributed by atoms with Gasteiger partial charge >= 0.3 is 0 Å². The number of hydrogen-bond acceptors (Lipinski definition) is 3. The van der Waals surface area contributed by atoms with Crippen LogP contribution in [0.2, 0.25) is 0 Å². The Morgan fingerprint density at radius 1 is 1.08 bits per heavy atom. The highest BCUT2D eigenvalue weighted by Gasteiger charge is 2.39. The molecule has 0 bridgehead atoms. The van der Waals surface area contributed by atoms with E-state index in [1.807, 2.05) is 6.07 Å². The summed E-state index contributed by atoms with van der Waals surface area (Å²) in [7, 11) is 0. The quantitative estimate of drug-likeness (QED) is 0.390. The van der Waals surface area contributed by atoms with E-state index in [2.05, 4.69) is 69.1 Å². The Hall–Kier alpha value is -2.63. The van der Waals surface area contributed by atoms with E-state index in [9.17, 15) is 13.6 Å². The second-order valence-corrected chi connectivity index (χ2v) is 12.3. The number of hydrogen-bond donors (Lipinski definition) is 1. The Labute approximate surface area is 220 Å². The van der Waals surface area contributed by atoms with Crippen LogP contribution in [-0.2, 0) is 17.8 Å².